The smallest absolute Gasteiger partial charge is 0.435 e. The molecule has 1 fully saturated rings. The van der Waals surface area contributed by atoms with Crippen molar-refractivity contribution in [3.05, 3.63) is 77.4 Å². The summed E-state index contributed by atoms with van der Waals surface area (Å²) < 4.78 is 62.4. The molecule has 3 amide bonds. The maximum absolute atomic E-state index is 14.7. The highest BCUT2D eigenvalue weighted by Crippen LogP contribution is 2.33. The molecule has 1 aromatic heterocycles. The van der Waals surface area contributed by atoms with Crippen LogP contribution in [0.5, 0.6) is 0 Å². The van der Waals surface area contributed by atoms with Gasteiger partial charge in [0.05, 0.1) is 12.0 Å². The Bertz CT molecular complexity index is 1360. The molecule has 0 spiro atoms. The number of rotatable bonds is 6. The lowest BCUT2D eigenvalue weighted by molar-refractivity contribution is 0.150. The molecule has 0 atom stereocenters. The number of piperazine rings is 1. The van der Waals surface area contributed by atoms with E-state index in [0.29, 0.717) is 24.1 Å². The molecule has 0 unspecified atom stereocenters. The van der Waals surface area contributed by atoms with Crippen molar-refractivity contribution in [3.8, 4) is 11.3 Å². The highest BCUT2D eigenvalue weighted by molar-refractivity contribution is 5.98. The van der Waals surface area contributed by atoms with E-state index in [2.05, 4.69) is 15.3 Å². The predicted octanol–water partition coefficient (Wildman–Crippen LogP) is 4.09. The second-order valence-corrected chi connectivity index (χ2v) is 8.13. The van der Waals surface area contributed by atoms with Gasteiger partial charge < -0.3 is 20.7 Å². The zero-order valence-electron chi connectivity index (χ0n) is 19.8. The van der Waals surface area contributed by atoms with Crippen LogP contribution in [-0.4, -0.2) is 54.5 Å². The van der Waals surface area contributed by atoms with Crippen LogP contribution < -0.4 is 16.0 Å². The molecule has 0 aliphatic carbocycles. The minimum absolute atomic E-state index is 0.142. The number of ether oxygens (including phenoxy) is 1. The number of carbonyl (C=O) groups is 2. The molecule has 2 aromatic carbocycles. The summed E-state index contributed by atoms with van der Waals surface area (Å²) in [7, 11) is 0. The van der Waals surface area contributed by atoms with E-state index in [-0.39, 0.29) is 22.6 Å². The molecule has 9 nitrogen and oxygen atoms in total. The molecule has 38 heavy (non-hydrogen) atoms. The number of halogens is 4. The third-order valence-electron chi connectivity index (χ3n) is 5.59. The molecular weight excluding hydrogens is 508 g/mol. The molecule has 0 bridgehead atoms. The lowest BCUT2D eigenvalue weighted by Crippen LogP contribution is -2.42. The number of urea groups is 1. The van der Waals surface area contributed by atoms with Crippen molar-refractivity contribution in [1.29, 1.82) is 0 Å². The fourth-order valence-electron chi connectivity index (χ4n) is 3.78. The average Bonchev–Trinajstić information content (AvgIpc) is 2.89. The molecule has 0 saturated carbocycles. The highest BCUT2D eigenvalue weighted by Gasteiger charge is 2.26. The number of amides is 3. The van der Waals surface area contributed by atoms with Crippen molar-refractivity contribution in [2.24, 2.45) is 10.7 Å². The van der Waals surface area contributed by atoms with Gasteiger partial charge in [-0.05, 0) is 36.4 Å². The van der Waals surface area contributed by atoms with Crippen molar-refractivity contribution in [2.75, 3.05) is 31.1 Å². The Morgan fingerprint density at radius 1 is 1.05 bits per heavy atom. The number of hydrogen-bond donors (Lipinski definition) is 2. The van der Waals surface area contributed by atoms with E-state index in [0.717, 1.165) is 43.4 Å². The van der Waals surface area contributed by atoms with Crippen LogP contribution in [-0.2, 0) is 11.3 Å². The summed E-state index contributed by atoms with van der Waals surface area (Å²) in [6.45, 7) is 2.38. The number of aliphatic imine (C=N–C) groups is 1. The standard InChI is InChI=1S/C25H22F4N6O3/c26-16-5-6-17(20(29)12-16)22-15(13-38-25(37)32-14-34-10-8-31-9-11-34)4-7-21(33-22)35(24(30)36)23-18(27)2-1-3-19(23)28/h1-7,12,14,31H,8-11,13H2,(H2,30,36). The molecule has 198 valence electrons. The van der Waals surface area contributed by atoms with Crippen LogP contribution >= 0.6 is 0 Å². The zero-order valence-corrected chi connectivity index (χ0v) is 19.8. The molecule has 0 radical (unpaired) electrons. The van der Waals surface area contributed by atoms with Crippen molar-refractivity contribution in [2.45, 2.75) is 6.61 Å². The number of nitrogens with one attached hydrogen (secondary N) is 1. The van der Waals surface area contributed by atoms with Crippen LogP contribution in [0.2, 0.25) is 0 Å². The maximum atomic E-state index is 14.7. The molecule has 2 heterocycles. The number of para-hydroxylation sites is 1. The molecular formula is C25H22F4N6O3. The second-order valence-electron chi connectivity index (χ2n) is 8.13. The van der Waals surface area contributed by atoms with Crippen molar-refractivity contribution in [1.82, 2.24) is 15.2 Å². The van der Waals surface area contributed by atoms with Gasteiger partial charge in [-0.1, -0.05) is 6.07 Å². The van der Waals surface area contributed by atoms with Gasteiger partial charge >= 0.3 is 12.1 Å². The monoisotopic (exact) mass is 530 g/mol. The van der Waals surface area contributed by atoms with Gasteiger partial charge in [-0.2, -0.15) is 4.99 Å². The number of hydrogen-bond acceptors (Lipinski definition) is 5. The SMILES string of the molecule is NC(=O)N(c1ccc(COC(=O)N=CN2CCNCC2)c(-c2ccc(F)cc2F)n1)c1c(F)cccc1F. The normalized spacial score (nSPS) is 13.5. The van der Waals surface area contributed by atoms with Crippen LogP contribution in [0.1, 0.15) is 5.56 Å². The summed E-state index contributed by atoms with van der Waals surface area (Å²) in [5.74, 6) is -4.42. The van der Waals surface area contributed by atoms with E-state index < -0.39 is 47.7 Å². The first-order valence-corrected chi connectivity index (χ1v) is 11.4. The number of benzene rings is 2. The van der Waals surface area contributed by atoms with E-state index in [4.69, 9.17) is 10.5 Å². The van der Waals surface area contributed by atoms with Crippen LogP contribution in [0.25, 0.3) is 11.3 Å². The van der Waals surface area contributed by atoms with Gasteiger partial charge in [-0.15, -0.1) is 0 Å². The Kier molecular flexibility index (Phi) is 8.16. The van der Waals surface area contributed by atoms with Gasteiger partial charge in [-0.3, -0.25) is 0 Å². The zero-order chi connectivity index (χ0) is 27.2. The van der Waals surface area contributed by atoms with Crippen LogP contribution in [0, 0.1) is 23.3 Å². The van der Waals surface area contributed by atoms with E-state index in [1.807, 2.05) is 4.90 Å². The Balaban J connectivity index is 1.69. The third kappa shape index (κ3) is 6.06. The number of primary amides is 1. The van der Waals surface area contributed by atoms with Gasteiger partial charge in [0.1, 0.15) is 41.4 Å². The maximum Gasteiger partial charge on any atom is 0.435 e. The molecule has 3 aromatic rings. The fourth-order valence-corrected chi connectivity index (χ4v) is 3.78. The second kappa shape index (κ2) is 11.7. The van der Waals surface area contributed by atoms with E-state index in [1.54, 1.807) is 0 Å². The Hall–Kier alpha value is -4.52. The first-order valence-electron chi connectivity index (χ1n) is 11.4. The first kappa shape index (κ1) is 26.5. The summed E-state index contributed by atoms with van der Waals surface area (Å²) in [5.41, 5.74) is 4.36. The first-order chi connectivity index (χ1) is 18.2. The number of nitrogens with zero attached hydrogens (tertiary/aromatic N) is 4. The summed E-state index contributed by atoms with van der Waals surface area (Å²) in [6.07, 6.45) is 0.434. The third-order valence-corrected chi connectivity index (χ3v) is 5.59. The van der Waals surface area contributed by atoms with E-state index >= 15 is 0 Å². The van der Waals surface area contributed by atoms with Crippen molar-refractivity contribution in [3.63, 3.8) is 0 Å². The number of pyridine rings is 1. The number of anilines is 2. The molecule has 1 aliphatic heterocycles. The number of nitrogens with two attached hydrogens (primary N) is 1. The van der Waals surface area contributed by atoms with Crippen LogP contribution in [0.3, 0.4) is 0 Å². The number of aromatic nitrogens is 1. The lowest BCUT2D eigenvalue weighted by Gasteiger charge is -2.24. The largest absolute Gasteiger partial charge is 0.443 e. The fraction of sp³-hybridized carbons (Fsp3) is 0.200. The van der Waals surface area contributed by atoms with Gasteiger partial charge in [0.2, 0.25) is 0 Å². The van der Waals surface area contributed by atoms with Gasteiger partial charge in [0.15, 0.2) is 0 Å². The summed E-state index contributed by atoms with van der Waals surface area (Å²) in [6, 6.07) is 6.84. The minimum Gasteiger partial charge on any atom is -0.443 e. The van der Waals surface area contributed by atoms with Crippen molar-refractivity contribution < 1.29 is 31.9 Å². The predicted molar refractivity (Wildman–Crippen MR) is 131 cm³/mol. The Labute approximate surface area is 214 Å². The Morgan fingerprint density at radius 3 is 2.42 bits per heavy atom. The average molecular weight is 530 g/mol. The highest BCUT2D eigenvalue weighted by atomic mass is 19.1. The van der Waals surface area contributed by atoms with E-state index in [1.165, 1.54) is 18.5 Å². The molecule has 1 saturated heterocycles. The summed E-state index contributed by atoms with van der Waals surface area (Å²) >= 11 is 0. The van der Waals surface area contributed by atoms with Gasteiger partial charge in [-0.25, -0.2) is 37.0 Å². The van der Waals surface area contributed by atoms with E-state index in [9.17, 15) is 27.2 Å². The molecule has 4 rings (SSSR count). The van der Waals surface area contributed by atoms with Gasteiger partial charge in [0, 0.05) is 43.4 Å². The van der Waals surface area contributed by atoms with Crippen molar-refractivity contribution >= 4 is 30.0 Å². The van der Waals surface area contributed by atoms with Crippen LogP contribution in [0.4, 0.5) is 38.7 Å². The quantitative estimate of drug-likeness (QED) is 0.282. The number of carbonyl (C=O) groups excluding carboxylic acids is 2. The lowest BCUT2D eigenvalue weighted by atomic mass is 10.1. The molecule has 3 N–H and O–H groups in total. The van der Waals surface area contributed by atoms with Crippen LogP contribution in [0.15, 0.2) is 53.5 Å². The van der Waals surface area contributed by atoms with Gasteiger partial charge in [0.25, 0.3) is 0 Å². The minimum atomic E-state index is -1.27. The summed E-state index contributed by atoms with van der Waals surface area (Å²) in [4.78, 5) is 34.6. The Morgan fingerprint density at radius 2 is 1.76 bits per heavy atom. The topological polar surface area (TPSA) is 113 Å². The molecule has 13 heteroatoms. The summed E-state index contributed by atoms with van der Waals surface area (Å²) in [5, 5.41) is 3.16. The molecule has 1 aliphatic rings.